The molecule has 25 heavy (non-hydrogen) atoms. The summed E-state index contributed by atoms with van der Waals surface area (Å²) in [5, 5.41) is 0. The third-order valence-corrected chi connectivity index (χ3v) is 3.83. The van der Waals surface area contributed by atoms with Gasteiger partial charge in [0.05, 0.1) is 20.1 Å². The number of carbonyl (C=O) groups is 2. The second-order valence-corrected chi connectivity index (χ2v) is 6.41. The minimum absolute atomic E-state index is 0.0842. The molecule has 0 aliphatic rings. The van der Waals surface area contributed by atoms with Crippen molar-refractivity contribution in [2.24, 2.45) is 11.8 Å². The summed E-state index contributed by atoms with van der Waals surface area (Å²) in [5.74, 6) is 0.842. The molecule has 1 aromatic rings. The van der Waals surface area contributed by atoms with Crippen LogP contribution in [-0.4, -0.2) is 50.7 Å². The van der Waals surface area contributed by atoms with Gasteiger partial charge in [0.2, 0.25) is 0 Å². The van der Waals surface area contributed by atoms with Crippen molar-refractivity contribution in [3.05, 3.63) is 24.3 Å². The number of esters is 1. The van der Waals surface area contributed by atoms with E-state index in [0.29, 0.717) is 30.5 Å². The van der Waals surface area contributed by atoms with Gasteiger partial charge in [-0.2, -0.15) is 0 Å². The number of hydrogen-bond donors (Lipinski definition) is 0. The first kappa shape index (κ1) is 20.8. The van der Waals surface area contributed by atoms with Gasteiger partial charge >= 0.3 is 5.97 Å². The summed E-state index contributed by atoms with van der Waals surface area (Å²) in [4.78, 5) is 25.9. The first-order chi connectivity index (χ1) is 11.9. The Balaban J connectivity index is 2.68. The highest BCUT2D eigenvalue weighted by atomic mass is 16.5. The molecule has 0 saturated carbocycles. The number of amides is 1. The molecule has 0 radical (unpaired) electrons. The molecule has 1 atom stereocenters. The topological polar surface area (TPSA) is 65.1 Å². The zero-order valence-corrected chi connectivity index (χ0v) is 15.8. The molecule has 0 aliphatic heterocycles. The van der Waals surface area contributed by atoms with Gasteiger partial charge in [-0.1, -0.05) is 26.8 Å². The lowest BCUT2D eigenvalue weighted by atomic mass is 10.1. The molecule has 6 heteroatoms. The number of rotatable bonds is 10. The highest BCUT2D eigenvalue weighted by molar-refractivity contribution is 5.79. The van der Waals surface area contributed by atoms with E-state index in [1.165, 1.54) is 7.11 Å². The first-order valence-corrected chi connectivity index (χ1v) is 8.49. The van der Waals surface area contributed by atoms with Crippen LogP contribution in [0.25, 0.3) is 0 Å². The highest BCUT2D eigenvalue weighted by Gasteiger charge is 2.22. The van der Waals surface area contributed by atoms with Crippen LogP contribution in [0.4, 0.5) is 0 Å². The minimum atomic E-state index is -0.377. The van der Waals surface area contributed by atoms with Crippen LogP contribution in [0.5, 0.6) is 11.5 Å². The fourth-order valence-electron chi connectivity index (χ4n) is 2.27. The monoisotopic (exact) mass is 351 g/mol. The first-order valence-electron chi connectivity index (χ1n) is 8.49. The second kappa shape index (κ2) is 10.6. The Morgan fingerprint density at radius 2 is 1.80 bits per heavy atom. The number of hydrogen-bond acceptors (Lipinski definition) is 5. The maximum Gasteiger partial charge on any atom is 0.310 e. The quantitative estimate of drug-likeness (QED) is 0.607. The van der Waals surface area contributed by atoms with E-state index in [1.54, 1.807) is 37.1 Å². The van der Waals surface area contributed by atoms with E-state index in [0.717, 1.165) is 6.42 Å². The van der Waals surface area contributed by atoms with Gasteiger partial charge in [0.15, 0.2) is 6.61 Å². The Bertz CT molecular complexity index is 559. The van der Waals surface area contributed by atoms with E-state index < -0.39 is 0 Å². The van der Waals surface area contributed by atoms with Crippen LogP contribution in [0.1, 0.15) is 27.2 Å². The molecule has 0 saturated heterocycles. The SMILES string of the molecule is COC(=O)C(C)CN(CCC(C)C)C(=O)COc1cccc(OC)c1. The van der Waals surface area contributed by atoms with Gasteiger partial charge in [-0.15, -0.1) is 0 Å². The number of benzene rings is 1. The Kier molecular flexibility index (Phi) is 8.81. The van der Waals surface area contributed by atoms with Gasteiger partial charge in [-0.3, -0.25) is 9.59 Å². The molecule has 0 heterocycles. The van der Waals surface area contributed by atoms with Crippen molar-refractivity contribution in [2.75, 3.05) is 33.9 Å². The fraction of sp³-hybridized carbons (Fsp3) is 0.579. The van der Waals surface area contributed by atoms with E-state index in [1.807, 2.05) is 6.07 Å². The summed E-state index contributed by atoms with van der Waals surface area (Å²) in [7, 11) is 2.93. The van der Waals surface area contributed by atoms with Crippen LogP contribution < -0.4 is 9.47 Å². The van der Waals surface area contributed by atoms with Crippen molar-refractivity contribution >= 4 is 11.9 Å². The van der Waals surface area contributed by atoms with E-state index in [9.17, 15) is 9.59 Å². The number of carbonyl (C=O) groups excluding carboxylic acids is 2. The summed E-state index contributed by atoms with van der Waals surface area (Å²) in [6, 6.07) is 7.10. The summed E-state index contributed by atoms with van der Waals surface area (Å²) in [6.45, 7) is 6.76. The summed E-state index contributed by atoms with van der Waals surface area (Å²) < 4.78 is 15.5. The third kappa shape index (κ3) is 7.45. The van der Waals surface area contributed by atoms with Crippen LogP contribution in [-0.2, 0) is 14.3 Å². The Labute approximate surface area is 150 Å². The number of nitrogens with zero attached hydrogens (tertiary/aromatic N) is 1. The molecule has 0 N–H and O–H groups in total. The lowest BCUT2D eigenvalue weighted by Gasteiger charge is -2.26. The van der Waals surface area contributed by atoms with Crippen LogP contribution in [0, 0.1) is 11.8 Å². The van der Waals surface area contributed by atoms with Crippen molar-refractivity contribution < 1.29 is 23.8 Å². The van der Waals surface area contributed by atoms with Gasteiger partial charge in [0.25, 0.3) is 5.91 Å². The molecule has 1 amide bonds. The molecule has 0 bridgehead atoms. The normalized spacial score (nSPS) is 11.8. The van der Waals surface area contributed by atoms with E-state index in [4.69, 9.17) is 14.2 Å². The summed E-state index contributed by atoms with van der Waals surface area (Å²) in [6.07, 6.45) is 0.860. The number of ether oxygens (including phenoxy) is 3. The predicted octanol–water partition coefficient (Wildman–Crippen LogP) is 2.76. The molecule has 0 aromatic heterocycles. The number of methoxy groups -OCH3 is 2. The second-order valence-electron chi connectivity index (χ2n) is 6.41. The van der Waals surface area contributed by atoms with Crippen LogP contribution in [0.3, 0.4) is 0 Å². The van der Waals surface area contributed by atoms with Crippen molar-refractivity contribution in [3.63, 3.8) is 0 Å². The minimum Gasteiger partial charge on any atom is -0.497 e. The molecule has 6 nitrogen and oxygen atoms in total. The fourth-order valence-corrected chi connectivity index (χ4v) is 2.27. The molecule has 1 aromatic carbocycles. The van der Waals surface area contributed by atoms with Gasteiger partial charge in [0, 0.05) is 19.2 Å². The Morgan fingerprint density at radius 1 is 1.12 bits per heavy atom. The third-order valence-electron chi connectivity index (χ3n) is 3.83. The maximum absolute atomic E-state index is 12.5. The molecule has 140 valence electrons. The van der Waals surface area contributed by atoms with Gasteiger partial charge in [-0.25, -0.2) is 0 Å². The van der Waals surface area contributed by atoms with Gasteiger partial charge in [-0.05, 0) is 24.5 Å². The molecular formula is C19H29NO5. The average molecular weight is 351 g/mol. The molecule has 0 aliphatic carbocycles. The van der Waals surface area contributed by atoms with Crippen LogP contribution >= 0.6 is 0 Å². The van der Waals surface area contributed by atoms with Crippen molar-refractivity contribution in [1.29, 1.82) is 0 Å². The highest BCUT2D eigenvalue weighted by Crippen LogP contribution is 2.19. The van der Waals surface area contributed by atoms with Crippen LogP contribution in [0.15, 0.2) is 24.3 Å². The van der Waals surface area contributed by atoms with E-state index in [2.05, 4.69) is 13.8 Å². The van der Waals surface area contributed by atoms with Crippen LogP contribution in [0.2, 0.25) is 0 Å². The van der Waals surface area contributed by atoms with Gasteiger partial charge < -0.3 is 19.1 Å². The Hall–Kier alpha value is -2.24. The smallest absolute Gasteiger partial charge is 0.310 e. The van der Waals surface area contributed by atoms with Crippen molar-refractivity contribution in [1.82, 2.24) is 4.90 Å². The molecule has 0 spiro atoms. The molecule has 1 rings (SSSR count). The standard InChI is InChI=1S/C19H29NO5/c1-14(2)9-10-20(12-15(3)19(22)24-5)18(21)13-25-17-8-6-7-16(11-17)23-4/h6-8,11,14-15H,9-10,12-13H2,1-5H3. The molecule has 0 fully saturated rings. The zero-order valence-electron chi connectivity index (χ0n) is 15.8. The van der Waals surface area contributed by atoms with E-state index in [-0.39, 0.29) is 24.4 Å². The largest absolute Gasteiger partial charge is 0.497 e. The summed E-state index contributed by atoms with van der Waals surface area (Å²) >= 11 is 0. The lowest BCUT2D eigenvalue weighted by molar-refractivity contribution is -0.146. The average Bonchev–Trinajstić information content (AvgIpc) is 2.62. The molecule has 1 unspecified atom stereocenters. The van der Waals surface area contributed by atoms with Crippen molar-refractivity contribution in [2.45, 2.75) is 27.2 Å². The van der Waals surface area contributed by atoms with Gasteiger partial charge in [0.1, 0.15) is 11.5 Å². The predicted molar refractivity (Wildman–Crippen MR) is 95.7 cm³/mol. The zero-order chi connectivity index (χ0) is 18.8. The van der Waals surface area contributed by atoms with E-state index >= 15 is 0 Å². The Morgan fingerprint density at radius 3 is 2.40 bits per heavy atom. The van der Waals surface area contributed by atoms with Crippen molar-refractivity contribution in [3.8, 4) is 11.5 Å². The summed E-state index contributed by atoms with van der Waals surface area (Å²) in [5.41, 5.74) is 0. The molecular weight excluding hydrogens is 322 g/mol. The maximum atomic E-state index is 12.5. The lowest BCUT2D eigenvalue weighted by Crippen LogP contribution is -2.40.